The summed E-state index contributed by atoms with van der Waals surface area (Å²) in [4.78, 5) is 12.6. The Hall–Kier alpha value is -1.75. The Balaban J connectivity index is 0.00000243. The molecule has 0 fully saturated rings. The Labute approximate surface area is 171 Å². The fourth-order valence-corrected chi connectivity index (χ4v) is 3.63. The zero-order valence-corrected chi connectivity index (χ0v) is 15.3. The van der Waals surface area contributed by atoms with Gasteiger partial charge < -0.3 is 9.47 Å². The van der Waals surface area contributed by atoms with Crippen LogP contribution >= 0.6 is 20.2 Å². The van der Waals surface area contributed by atoms with Gasteiger partial charge in [0.05, 0.1) is 17.7 Å². The van der Waals surface area contributed by atoms with Crippen molar-refractivity contribution in [2.45, 2.75) is 0 Å². The van der Waals surface area contributed by atoms with Gasteiger partial charge in [0.1, 0.15) is 17.2 Å². The first-order chi connectivity index (χ1) is 12.2. The summed E-state index contributed by atoms with van der Waals surface area (Å²) >= 11 is 6.17. The van der Waals surface area contributed by atoms with E-state index in [0.29, 0.717) is 16.3 Å². The molecule has 6 heteroatoms. The Kier molecular flexibility index (Phi) is 7.76. The van der Waals surface area contributed by atoms with Crippen LogP contribution in [-0.2, 0) is 0 Å². The van der Waals surface area contributed by atoms with E-state index >= 15 is 0 Å². The molecule has 3 aromatic rings. The summed E-state index contributed by atoms with van der Waals surface area (Å²) in [6, 6.07) is 22.2. The third kappa shape index (κ3) is 5.13. The number of halogens is 1. The van der Waals surface area contributed by atoms with Crippen molar-refractivity contribution in [2.24, 2.45) is 0 Å². The summed E-state index contributed by atoms with van der Waals surface area (Å²) < 4.78 is 11.0. The second-order valence-electron chi connectivity index (χ2n) is 5.21. The molecule has 0 radical (unpaired) electrons. The third-order valence-corrected chi connectivity index (χ3v) is 4.93. The Morgan fingerprint density at radius 3 is 2.19 bits per heavy atom. The van der Waals surface area contributed by atoms with E-state index < -0.39 is 0 Å². The zero-order chi connectivity index (χ0) is 17.6. The molecule has 26 heavy (non-hydrogen) atoms. The van der Waals surface area contributed by atoms with Crippen molar-refractivity contribution in [3.05, 3.63) is 83.4 Å². The Bertz CT molecular complexity index is 870. The van der Waals surface area contributed by atoms with Crippen LogP contribution in [0.15, 0.2) is 72.8 Å². The summed E-state index contributed by atoms with van der Waals surface area (Å²) in [6.45, 7) is 0. The van der Waals surface area contributed by atoms with Crippen LogP contribution in [0.25, 0.3) is 0 Å². The van der Waals surface area contributed by atoms with Gasteiger partial charge in [0.25, 0.3) is 0 Å². The van der Waals surface area contributed by atoms with Crippen molar-refractivity contribution in [2.75, 3.05) is 7.11 Å². The molecule has 3 nitrogen and oxygen atoms in total. The number of carbonyl (C=O) groups excluding carboxylic acids is 1. The minimum absolute atomic E-state index is 0. The molecule has 0 N–H and O–H groups in total. The van der Waals surface area contributed by atoms with Gasteiger partial charge in [0.2, 0.25) is 0 Å². The number of rotatable bonds is 6. The summed E-state index contributed by atoms with van der Waals surface area (Å²) in [5.74, 6) is 1.99. The first-order valence-electron chi connectivity index (χ1n) is 7.64. The maximum atomic E-state index is 12.6. The molecule has 0 saturated carbocycles. The van der Waals surface area contributed by atoms with Crippen LogP contribution in [-0.4, -0.2) is 31.5 Å². The standard InChI is InChI=1S/C20H16ClO3P.Li.H/c1-23-18-9-5-8-17(21)19(18)20(22)25-16-12-10-15(11-13-16)24-14-6-3-2-4-7-14;;/h2-13,25H,1H3;;. The van der Waals surface area contributed by atoms with E-state index in [4.69, 9.17) is 21.1 Å². The average Bonchev–Trinajstić information content (AvgIpc) is 2.64. The van der Waals surface area contributed by atoms with Gasteiger partial charge >= 0.3 is 18.9 Å². The van der Waals surface area contributed by atoms with Gasteiger partial charge in [-0.25, -0.2) is 0 Å². The van der Waals surface area contributed by atoms with Gasteiger partial charge in [0.15, 0.2) is 5.52 Å². The van der Waals surface area contributed by atoms with E-state index in [2.05, 4.69) is 0 Å². The van der Waals surface area contributed by atoms with E-state index in [-0.39, 0.29) is 33.0 Å². The van der Waals surface area contributed by atoms with Crippen molar-refractivity contribution in [3.63, 3.8) is 0 Å². The van der Waals surface area contributed by atoms with E-state index in [1.54, 1.807) is 18.2 Å². The molecule has 0 aromatic heterocycles. The van der Waals surface area contributed by atoms with Crippen molar-refractivity contribution in [1.29, 1.82) is 0 Å². The molecule has 3 rings (SSSR count). The Morgan fingerprint density at radius 1 is 0.885 bits per heavy atom. The Morgan fingerprint density at radius 2 is 1.54 bits per heavy atom. The molecular formula is C20H17ClLiO3P. The number of para-hydroxylation sites is 1. The molecule has 128 valence electrons. The molecule has 0 bridgehead atoms. The quantitative estimate of drug-likeness (QED) is 0.463. The zero-order valence-electron chi connectivity index (χ0n) is 13.5. The van der Waals surface area contributed by atoms with Gasteiger partial charge in [-0.2, -0.15) is 0 Å². The predicted molar refractivity (Wildman–Crippen MR) is 110 cm³/mol. The molecular weight excluding hydrogens is 362 g/mol. The van der Waals surface area contributed by atoms with Crippen molar-refractivity contribution in [3.8, 4) is 17.2 Å². The van der Waals surface area contributed by atoms with Crippen LogP contribution in [0.3, 0.4) is 0 Å². The van der Waals surface area contributed by atoms with Crippen LogP contribution in [0.1, 0.15) is 10.4 Å². The van der Waals surface area contributed by atoms with Gasteiger partial charge in [-0.15, -0.1) is 0 Å². The summed E-state index contributed by atoms with van der Waals surface area (Å²) in [7, 11) is 1.49. The van der Waals surface area contributed by atoms with Crippen molar-refractivity contribution in [1.82, 2.24) is 0 Å². The number of ether oxygens (including phenoxy) is 2. The van der Waals surface area contributed by atoms with Crippen LogP contribution in [0.5, 0.6) is 17.2 Å². The maximum absolute atomic E-state index is 12.6. The van der Waals surface area contributed by atoms with Crippen LogP contribution in [0.4, 0.5) is 0 Å². The van der Waals surface area contributed by atoms with E-state index in [9.17, 15) is 4.79 Å². The number of hydrogen-bond acceptors (Lipinski definition) is 3. The topological polar surface area (TPSA) is 35.5 Å². The minimum atomic E-state index is -0.0563. The van der Waals surface area contributed by atoms with Gasteiger partial charge in [-0.1, -0.05) is 48.0 Å². The van der Waals surface area contributed by atoms with Crippen molar-refractivity contribution < 1.29 is 14.3 Å². The van der Waals surface area contributed by atoms with E-state index in [1.807, 2.05) is 54.6 Å². The first kappa shape index (κ1) is 20.6. The van der Waals surface area contributed by atoms with Crippen LogP contribution in [0, 0.1) is 0 Å². The molecule has 1 unspecified atom stereocenters. The SMILES string of the molecule is COc1cccc(Cl)c1C(=O)Pc1ccc(Oc2ccccc2)cc1.[LiH]. The van der Waals surface area contributed by atoms with Crippen molar-refractivity contribution >= 4 is 49.9 Å². The molecule has 3 aromatic carbocycles. The van der Waals surface area contributed by atoms with E-state index in [0.717, 1.165) is 16.8 Å². The third-order valence-electron chi connectivity index (χ3n) is 3.51. The molecule has 0 aliphatic carbocycles. The van der Waals surface area contributed by atoms with Gasteiger partial charge in [0, 0.05) is 0 Å². The average molecular weight is 379 g/mol. The monoisotopic (exact) mass is 378 g/mol. The van der Waals surface area contributed by atoms with Crippen LogP contribution < -0.4 is 14.8 Å². The number of methoxy groups -OCH3 is 1. The van der Waals surface area contributed by atoms with Crippen LogP contribution in [0.2, 0.25) is 5.02 Å². The molecule has 0 saturated heterocycles. The fourth-order valence-electron chi connectivity index (χ4n) is 2.32. The predicted octanol–water partition coefficient (Wildman–Crippen LogP) is 4.64. The molecule has 0 spiro atoms. The molecule has 0 aliphatic heterocycles. The van der Waals surface area contributed by atoms with E-state index in [1.165, 1.54) is 7.11 Å². The number of hydrogen-bond donors (Lipinski definition) is 0. The normalized spacial score (nSPS) is 10.4. The second kappa shape index (κ2) is 9.81. The summed E-state index contributed by atoms with van der Waals surface area (Å²) in [5.41, 5.74) is 0.369. The molecule has 1 atom stereocenters. The number of carbonyl (C=O) groups is 1. The molecule has 0 heterocycles. The first-order valence-corrected chi connectivity index (χ1v) is 9.02. The number of benzene rings is 3. The van der Waals surface area contributed by atoms with Gasteiger partial charge in [-0.05, 0) is 50.3 Å². The fraction of sp³-hybridized carbons (Fsp3) is 0.0500. The second-order valence-corrected chi connectivity index (χ2v) is 6.90. The molecule has 0 amide bonds. The molecule has 0 aliphatic rings. The summed E-state index contributed by atoms with van der Waals surface area (Å²) in [5, 5.41) is 1.31. The summed E-state index contributed by atoms with van der Waals surface area (Å²) in [6.07, 6.45) is 0. The van der Waals surface area contributed by atoms with Gasteiger partial charge in [-0.3, -0.25) is 4.79 Å².